The van der Waals surface area contributed by atoms with Crippen LogP contribution in [0.3, 0.4) is 0 Å². The average Bonchev–Trinajstić information content (AvgIpc) is 2.32. The van der Waals surface area contributed by atoms with E-state index in [0.29, 0.717) is 0 Å². The van der Waals surface area contributed by atoms with Gasteiger partial charge in [0.15, 0.2) is 0 Å². The zero-order valence-corrected chi connectivity index (χ0v) is 13.3. The minimum atomic E-state index is 0.769. The van der Waals surface area contributed by atoms with Gasteiger partial charge in [0.1, 0.15) is 0 Å². The lowest BCUT2D eigenvalue weighted by Gasteiger charge is -2.10. The first-order valence-electron chi connectivity index (χ1n) is 5.81. The van der Waals surface area contributed by atoms with E-state index in [0.717, 1.165) is 20.8 Å². The first-order chi connectivity index (χ1) is 8.56. The maximum absolute atomic E-state index is 6.18. The highest BCUT2D eigenvalue weighted by Gasteiger charge is 2.01. The van der Waals surface area contributed by atoms with Gasteiger partial charge in [-0.25, -0.2) is 0 Å². The molecule has 0 amide bonds. The van der Waals surface area contributed by atoms with Crippen molar-refractivity contribution in [1.82, 2.24) is 0 Å². The summed E-state index contributed by atoms with van der Waals surface area (Å²) in [5.41, 5.74) is 4.90. The van der Waals surface area contributed by atoms with E-state index in [2.05, 4.69) is 66.0 Å². The van der Waals surface area contributed by atoms with Crippen molar-refractivity contribution in [3.05, 3.63) is 61.7 Å². The summed E-state index contributed by atoms with van der Waals surface area (Å²) in [4.78, 5) is 0. The molecule has 1 N–H and O–H groups in total. The molecular formula is C15H15ClIN. The van der Waals surface area contributed by atoms with Crippen molar-refractivity contribution >= 4 is 39.9 Å². The molecule has 0 fully saturated rings. The lowest BCUT2D eigenvalue weighted by molar-refractivity contribution is 1.13. The summed E-state index contributed by atoms with van der Waals surface area (Å²) in [6.07, 6.45) is 0. The molecule has 94 valence electrons. The molecular weight excluding hydrogens is 357 g/mol. The summed E-state index contributed by atoms with van der Waals surface area (Å²) in [7, 11) is 0. The van der Waals surface area contributed by atoms with Gasteiger partial charge in [-0.05, 0) is 71.3 Å². The number of halogens is 2. The Morgan fingerprint density at radius 3 is 2.50 bits per heavy atom. The van der Waals surface area contributed by atoms with Crippen LogP contribution in [-0.2, 0) is 6.54 Å². The van der Waals surface area contributed by atoms with Crippen LogP contribution in [0.15, 0.2) is 36.4 Å². The Kier molecular flexibility index (Phi) is 4.51. The number of anilines is 1. The van der Waals surface area contributed by atoms with Crippen LogP contribution in [0.2, 0.25) is 5.02 Å². The molecule has 3 heteroatoms. The third kappa shape index (κ3) is 3.39. The fourth-order valence-corrected chi connectivity index (χ4v) is 2.67. The third-order valence-electron chi connectivity index (χ3n) is 2.99. The fourth-order valence-electron chi connectivity index (χ4n) is 1.74. The normalized spacial score (nSPS) is 10.4. The van der Waals surface area contributed by atoms with Gasteiger partial charge in [-0.15, -0.1) is 0 Å². The zero-order valence-electron chi connectivity index (χ0n) is 10.4. The Labute approximate surface area is 127 Å². The summed E-state index contributed by atoms with van der Waals surface area (Å²) >= 11 is 8.44. The van der Waals surface area contributed by atoms with Crippen LogP contribution >= 0.6 is 34.2 Å². The second-order valence-corrected chi connectivity index (χ2v) is 6.05. The Bertz CT molecular complexity index is 566. The molecule has 2 aromatic carbocycles. The second-order valence-electron chi connectivity index (χ2n) is 4.40. The Balaban J connectivity index is 2.09. The van der Waals surface area contributed by atoms with Crippen molar-refractivity contribution < 1.29 is 0 Å². The smallest absolute Gasteiger partial charge is 0.0648 e. The lowest BCUT2D eigenvalue weighted by atomic mass is 10.1. The van der Waals surface area contributed by atoms with E-state index in [1.165, 1.54) is 16.7 Å². The van der Waals surface area contributed by atoms with Crippen molar-refractivity contribution in [2.24, 2.45) is 0 Å². The number of benzene rings is 2. The van der Waals surface area contributed by atoms with Gasteiger partial charge in [0.2, 0.25) is 0 Å². The van der Waals surface area contributed by atoms with Gasteiger partial charge in [0, 0.05) is 10.1 Å². The minimum Gasteiger partial charge on any atom is -0.380 e. The molecule has 1 nitrogen and oxygen atoms in total. The first kappa shape index (κ1) is 13.7. The molecule has 0 heterocycles. The standard InChI is InChI=1S/C15H15ClIN/c1-10-3-4-12(7-11(10)2)9-18-15-6-5-13(17)8-14(15)16/h3-8,18H,9H2,1-2H3. The molecule has 2 aromatic rings. The predicted octanol–water partition coefficient (Wildman–Crippen LogP) is 5.17. The molecule has 0 radical (unpaired) electrons. The van der Waals surface area contributed by atoms with Gasteiger partial charge in [0.25, 0.3) is 0 Å². The summed E-state index contributed by atoms with van der Waals surface area (Å²) < 4.78 is 1.15. The monoisotopic (exact) mass is 371 g/mol. The second kappa shape index (κ2) is 5.93. The summed E-state index contributed by atoms with van der Waals surface area (Å²) in [5.74, 6) is 0. The van der Waals surface area contributed by atoms with Crippen LogP contribution in [0.5, 0.6) is 0 Å². The maximum Gasteiger partial charge on any atom is 0.0648 e. The van der Waals surface area contributed by atoms with Gasteiger partial charge in [0.05, 0.1) is 10.7 Å². The maximum atomic E-state index is 6.18. The zero-order chi connectivity index (χ0) is 13.1. The molecule has 0 aliphatic carbocycles. The van der Waals surface area contributed by atoms with E-state index in [9.17, 15) is 0 Å². The molecule has 2 rings (SSSR count). The number of hydrogen-bond acceptors (Lipinski definition) is 1. The number of rotatable bonds is 3. The van der Waals surface area contributed by atoms with Gasteiger partial charge >= 0.3 is 0 Å². The average molecular weight is 372 g/mol. The highest BCUT2D eigenvalue weighted by Crippen LogP contribution is 2.24. The van der Waals surface area contributed by atoms with Crippen molar-refractivity contribution in [3.8, 4) is 0 Å². The van der Waals surface area contributed by atoms with Crippen LogP contribution in [0.25, 0.3) is 0 Å². The molecule has 0 saturated heterocycles. The summed E-state index contributed by atoms with van der Waals surface area (Å²) in [6.45, 7) is 5.06. The van der Waals surface area contributed by atoms with Gasteiger partial charge < -0.3 is 5.32 Å². The van der Waals surface area contributed by atoms with E-state index in [-0.39, 0.29) is 0 Å². The van der Waals surface area contributed by atoms with E-state index in [1.54, 1.807) is 0 Å². The molecule has 0 atom stereocenters. The van der Waals surface area contributed by atoms with Crippen LogP contribution < -0.4 is 5.32 Å². The van der Waals surface area contributed by atoms with E-state index >= 15 is 0 Å². The van der Waals surface area contributed by atoms with E-state index < -0.39 is 0 Å². The predicted molar refractivity (Wildman–Crippen MR) is 87.4 cm³/mol. The highest BCUT2D eigenvalue weighted by atomic mass is 127. The van der Waals surface area contributed by atoms with Crippen LogP contribution in [0.1, 0.15) is 16.7 Å². The summed E-state index contributed by atoms with van der Waals surface area (Å²) in [6, 6.07) is 12.5. The van der Waals surface area contributed by atoms with Crippen molar-refractivity contribution in [2.45, 2.75) is 20.4 Å². The van der Waals surface area contributed by atoms with Crippen molar-refractivity contribution in [1.29, 1.82) is 0 Å². The topological polar surface area (TPSA) is 12.0 Å². The largest absolute Gasteiger partial charge is 0.380 e. The Morgan fingerprint density at radius 2 is 1.83 bits per heavy atom. The van der Waals surface area contributed by atoms with E-state index in [4.69, 9.17) is 11.6 Å². The number of nitrogens with one attached hydrogen (secondary N) is 1. The fraction of sp³-hybridized carbons (Fsp3) is 0.200. The Hall–Kier alpha value is -0.740. The first-order valence-corrected chi connectivity index (χ1v) is 7.27. The Morgan fingerprint density at radius 1 is 1.06 bits per heavy atom. The lowest BCUT2D eigenvalue weighted by Crippen LogP contribution is -2.00. The molecule has 0 unspecified atom stereocenters. The minimum absolute atomic E-state index is 0.769. The molecule has 0 spiro atoms. The number of hydrogen-bond donors (Lipinski definition) is 1. The molecule has 0 saturated carbocycles. The van der Waals surface area contributed by atoms with Crippen molar-refractivity contribution in [3.63, 3.8) is 0 Å². The van der Waals surface area contributed by atoms with Gasteiger partial charge in [-0.1, -0.05) is 29.8 Å². The number of aryl methyl sites for hydroxylation is 2. The summed E-state index contributed by atoms with van der Waals surface area (Å²) in [5, 5.41) is 4.14. The third-order valence-corrected chi connectivity index (χ3v) is 3.97. The molecule has 0 aromatic heterocycles. The van der Waals surface area contributed by atoms with Gasteiger partial charge in [-0.3, -0.25) is 0 Å². The van der Waals surface area contributed by atoms with Crippen LogP contribution in [0, 0.1) is 17.4 Å². The molecule has 0 bridgehead atoms. The highest BCUT2D eigenvalue weighted by molar-refractivity contribution is 14.1. The SMILES string of the molecule is Cc1ccc(CNc2ccc(I)cc2Cl)cc1C. The van der Waals surface area contributed by atoms with Crippen LogP contribution in [-0.4, -0.2) is 0 Å². The molecule has 0 aliphatic rings. The van der Waals surface area contributed by atoms with Gasteiger partial charge in [-0.2, -0.15) is 0 Å². The molecule has 18 heavy (non-hydrogen) atoms. The van der Waals surface area contributed by atoms with Crippen LogP contribution in [0.4, 0.5) is 5.69 Å². The van der Waals surface area contributed by atoms with Crippen molar-refractivity contribution in [2.75, 3.05) is 5.32 Å². The van der Waals surface area contributed by atoms with E-state index in [1.807, 2.05) is 12.1 Å². The molecule has 0 aliphatic heterocycles. The quantitative estimate of drug-likeness (QED) is 0.734.